The van der Waals surface area contributed by atoms with Crippen LogP contribution in [-0.4, -0.2) is 22.6 Å². The maximum absolute atomic E-state index is 5.95. The molecule has 1 aliphatic rings. The first-order valence-corrected chi connectivity index (χ1v) is 10.2. The van der Waals surface area contributed by atoms with Gasteiger partial charge in [-0.2, -0.15) is 4.98 Å². The first kappa shape index (κ1) is 18.1. The molecule has 1 fully saturated rings. The zero-order valence-electron chi connectivity index (χ0n) is 15.4. The molecule has 140 valence electrons. The van der Waals surface area contributed by atoms with Gasteiger partial charge in [0.2, 0.25) is 5.95 Å². The van der Waals surface area contributed by atoms with Crippen molar-refractivity contribution in [3.05, 3.63) is 59.1 Å². The summed E-state index contributed by atoms with van der Waals surface area (Å²) < 4.78 is 0. The normalized spacial score (nSPS) is 15.0. The topological polar surface area (TPSA) is 49.8 Å². The predicted molar refractivity (Wildman–Crippen MR) is 114 cm³/mol. The lowest BCUT2D eigenvalue weighted by Gasteiger charge is -2.24. The Hall–Kier alpha value is -2.33. The average Bonchev–Trinajstić information content (AvgIpc) is 2.70. The second kappa shape index (κ2) is 8.57. The molecule has 0 aliphatic heterocycles. The number of fused-ring (bicyclic) bond motifs is 1. The minimum Gasteiger partial charge on any atom is -0.367 e. The largest absolute Gasteiger partial charge is 0.367 e. The van der Waals surface area contributed by atoms with Crippen LogP contribution in [0.4, 0.5) is 11.8 Å². The summed E-state index contributed by atoms with van der Waals surface area (Å²) in [5, 5.41) is 8.91. The molecule has 0 radical (unpaired) electrons. The fourth-order valence-electron chi connectivity index (χ4n) is 3.68. The first-order chi connectivity index (χ1) is 13.3. The van der Waals surface area contributed by atoms with Crippen LogP contribution in [0.5, 0.6) is 0 Å². The van der Waals surface area contributed by atoms with Gasteiger partial charge in [-0.3, -0.25) is 0 Å². The molecule has 2 N–H and O–H groups in total. The van der Waals surface area contributed by atoms with E-state index in [0.717, 1.165) is 34.7 Å². The molecule has 0 amide bonds. The van der Waals surface area contributed by atoms with Gasteiger partial charge < -0.3 is 10.6 Å². The van der Waals surface area contributed by atoms with Gasteiger partial charge in [0, 0.05) is 23.0 Å². The number of anilines is 2. The van der Waals surface area contributed by atoms with Crippen LogP contribution in [0.3, 0.4) is 0 Å². The number of halogens is 1. The summed E-state index contributed by atoms with van der Waals surface area (Å²) in [6.45, 7) is 0.781. The molecule has 0 saturated heterocycles. The molecule has 4 nitrogen and oxygen atoms in total. The molecule has 2 aromatic carbocycles. The molecule has 27 heavy (non-hydrogen) atoms. The van der Waals surface area contributed by atoms with E-state index in [1.165, 1.54) is 37.7 Å². The lowest BCUT2D eigenvalue weighted by atomic mass is 9.95. The minimum atomic E-state index is 0.513. The Balaban J connectivity index is 1.49. The Bertz CT molecular complexity index is 888. The smallest absolute Gasteiger partial charge is 0.225 e. The standard InChI is InChI=1S/C22H25ClN4/c23-17-12-10-16(11-13-17)14-15-24-22-26-20-9-5-4-8-19(20)21(27-22)25-18-6-2-1-3-7-18/h4-5,8-13,18H,1-3,6-7,14-15H2,(H2,24,25,26,27). The molecule has 1 saturated carbocycles. The van der Waals surface area contributed by atoms with Crippen molar-refractivity contribution in [3.63, 3.8) is 0 Å². The van der Waals surface area contributed by atoms with E-state index in [9.17, 15) is 0 Å². The monoisotopic (exact) mass is 380 g/mol. The Morgan fingerprint density at radius 3 is 2.52 bits per heavy atom. The summed E-state index contributed by atoms with van der Waals surface area (Å²) in [4.78, 5) is 9.48. The number of nitrogens with one attached hydrogen (secondary N) is 2. The van der Waals surface area contributed by atoms with Crippen molar-refractivity contribution >= 4 is 34.3 Å². The van der Waals surface area contributed by atoms with E-state index in [1.54, 1.807) is 0 Å². The average molecular weight is 381 g/mol. The lowest BCUT2D eigenvalue weighted by molar-refractivity contribution is 0.462. The summed E-state index contributed by atoms with van der Waals surface area (Å²) >= 11 is 5.95. The molecule has 1 heterocycles. The molecular formula is C22H25ClN4. The molecular weight excluding hydrogens is 356 g/mol. The molecule has 0 spiro atoms. The maximum atomic E-state index is 5.95. The Kier molecular flexibility index (Phi) is 5.73. The highest BCUT2D eigenvalue weighted by atomic mass is 35.5. The molecule has 0 bridgehead atoms. The van der Waals surface area contributed by atoms with Crippen LogP contribution in [0.25, 0.3) is 10.9 Å². The zero-order chi connectivity index (χ0) is 18.5. The second-order valence-corrected chi connectivity index (χ2v) is 7.63. The molecule has 0 atom stereocenters. The fourth-order valence-corrected chi connectivity index (χ4v) is 3.80. The number of nitrogens with zero attached hydrogens (tertiary/aromatic N) is 2. The van der Waals surface area contributed by atoms with Crippen LogP contribution in [-0.2, 0) is 6.42 Å². The highest BCUT2D eigenvalue weighted by Gasteiger charge is 2.16. The van der Waals surface area contributed by atoms with Crippen molar-refractivity contribution in [1.29, 1.82) is 0 Å². The fraction of sp³-hybridized carbons (Fsp3) is 0.364. The quantitative estimate of drug-likeness (QED) is 0.577. The van der Waals surface area contributed by atoms with Gasteiger partial charge in [-0.25, -0.2) is 4.98 Å². The van der Waals surface area contributed by atoms with Crippen molar-refractivity contribution in [1.82, 2.24) is 9.97 Å². The number of hydrogen-bond donors (Lipinski definition) is 2. The summed E-state index contributed by atoms with van der Waals surface area (Å²) in [7, 11) is 0. The van der Waals surface area contributed by atoms with Crippen molar-refractivity contribution in [3.8, 4) is 0 Å². The number of aromatic nitrogens is 2. The van der Waals surface area contributed by atoms with E-state index in [2.05, 4.69) is 28.8 Å². The van der Waals surface area contributed by atoms with Crippen molar-refractivity contribution in [2.75, 3.05) is 17.2 Å². The van der Waals surface area contributed by atoms with Crippen molar-refractivity contribution in [2.45, 2.75) is 44.6 Å². The maximum Gasteiger partial charge on any atom is 0.225 e. The third-order valence-electron chi connectivity index (χ3n) is 5.16. The van der Waals surface area contributed by atoms with Crippen LogP contribution < -0.4 is 10.6 Å². The van der Waals surface area contributed by atoms with E-state index in [1.807, 2.05) is 30.3 Å². The van der Waals surface area contributed by atoms with Crippen LogP contribution in [0.2, 0.25) is 5.02 Å². The lowest BCUT2D eigenvalue weighted by Crippen LogP contribution is -2.23. The van der Waals surface area contributed by atoms with Gasteiger partial charge in [-0.15, -0.1) is 0 Å². The van der Waals surface area contributed by atoms with E-state index in [4.69, 9.17) is 21.6 Å². The first-order valence-electron chi connectivity index (χ1n) is 9.79. The third-order valence-corrected chi connectivity index (χ3v) is 5.41. The molecule has 0 unspecified atom stereocenters. The van der Waals surface area contributed by atoms with Gasteiger partial charge in [0.15, 0.2) is 0 Å². The third kappa shape index (κ3) is 4.69. The highest BCUT2D eigenvalue weighted by Crippen LogP contribution is 2.26. The van der Waals surface area contributed by atoms with E-state index < -0.39 is 0 Å². The number of rotatable bonds is 6. The van der Waals surface area contributed by atoms with E-state index in [-0.39, 0.29) is 0 Å². The summed E-state index contributed by atoms with van der Waals surface area (Å²) in [5.41, 5.74) is 2.22. The molecule has 1 aliphatic carbocycles. The Morgan fingerprint density at radius 2 is 1.70 bits per heavy atom. The van der Waals surface area contributed by atoms with Crippen LogP contribution in [0.15, 0.2) is 48.5 Å². The predicted octanol–water partition coefficient (Wildman–Crippen LogP) is 5.68. The van der Waals surface area contributed by atoms with Crippen molar-refractivity contribution in [2.24, 2.45) is 0 Å². The number of para-hydroxylation sites is 1. The highest BCUT2D eigenvalue weighted by molar-refractivity contribution is 6.30. The van der Waals surface area contributed by atoms with Gasteiger partial charge >= 0.3 is 0 Å². The van der Waals surface area contributed by atoms with Crippen LogP contribution >= 0.6 is 11.6 Å². The summed E-state index contributed by atoms with van der Waals surface area (Å²) in [5.74, 6) is 1.63. The second-order valence-electron chi connectivity index (χ2n) is 7.20. The Labute approximate surface area is 165 Å². The molecule has 1 aromatic heterocycles. The van der Waals surface area contributed by atoms with Gasteiger partial charge in [-0.1, -0.05) is 55.1 Å². The molecule has 4 rings (SSSR count). The molecule has 3 aromatic rings. The summed E-state index contributed by atoms with van der Waals surface area (Å²) in [6.07, 6.45) is 7.29. The van der Waals surface area contributed by atoms with E-state index in [0.29, 0.717) is 12.0 Å². The minimum absolute atomic E-state index is 0.513. The Morgan fingerprint density at radius 1 is 0.926 bits per heavy atom. The number of benzene rings is 2. The SMILES string of the molecule is Clc1ccc(CCNc2nc(NC3CCCCC3)c3ccccc3n2)cc1. The van der Waals surface area contributed by atoms with E-state index >= 15 is 0 Å². The van der Waals surface area contributed by atoms with Gasteiger partial charge in [0.25, 0.3) is 0 Å². The van der Waals surface area contributed by atoms with Gasteiger partial charge in [-0.05, 0) is 49.1 Å². The van der Waals surface area contributed by atoms with Gasteiger partial charge in [0.05, 0.1) is 5.52 Å². The zero-order valence-corrected chi connectivity index (χ0v) is 16.2. The van der Waals surface area contributed by atoms with Crippen LogP contribution in [0, 0.1) is 0 Å². The van der Waals surface area contributed by atoms with Crippen LogP contribution in [0.1, 0.15) is 37.7 Å². The van der Waals surface area contributed by atoms with Crippen molar-refractivity contribution < 1.29 is 0 Å². The molecule has 5 heteroatoms. The van der Waals surface area contributed by atoms with Gasteiger partial charge in [0.1, 0.15) is 5.82 Å². The number of hydrogen-bond acceptors (Lipinski definition) is 4. The summed E-state index contributed by atoms with van der Waals surface area (Å²) in [6, 6.07) is 16.7.